The summed E-state index contributed by atoms with van der Waals surface area (Å²) in [5.41, 5.74) is 1.39. The average Bonchev–Trinajstić information content (AvgIpc) is 2.80. The number of hydrogen-bond donors (Lipinski definition) is 1. The van der Waals surface area contributed by atoms with Gasteiger partial charge in [-0.15, -0.1) is 0 Å². The highest BCUT2D eigenvalue weighted by atomic mass is 79.9. The Hall–Kier alpha value is -1.69. The molecule has 6 heteroatoms. The molecule has 0 saturated carbocycles. The molecule has 2 aromatic rings. The van der Waals surface area contributed by atoms with Gasteiger partial charge in [-0.1, -0.05) is 33.2 Å². The van der Waals surface area contributed by atoms with Crippen molar-refractivity contribution in [3.8, 4) is 0 Å². The smallest absolute Gasteiger partial charge is 0.137 e. The summed E-state index contributed by atoms with van der Waals surface area (Å²) in [6.45, 7) is 0.387. The van der Waals surface area contributed by atoms with E-state index in [0.717, 1.165) is 10.0 Å². The van der Waals surface area contributed by atoms with Gasteiger partial charge in [0.25, 0.3) is 0 Å². The summed E-state index contributed by atoms with van der Waals surface area (Å²) in [6, 6.07) is 7.52. The largest absolute Gasteiger partial charge is 0.411 e. The van der Waals surface area contributed by atoms with E-state index in [1.807, 2.05) is 24.3 Å². The van der Waals surface area contributed by atoms with Crippen LogP contribution in [0.5, 0.6) is 0 Å². The number of benzene rings is 1. The van der Waals surface area contributed by atoms with Crippen LogP contribution in [0.4, 0.5) is 0 Å². The highest BCUT2D eigenvalue weighted by molar-refractivity contribution is 9.10. The number of aromatic nitrogens is 3. The second kappa shape index (κ2) is 4.89. The second-order valence-electron chi connectivity index (χ2n) is 3.15. The van der Waals surface area contributed by atoms with Crippen molar-refractivity contribution >= 4 is 21.6 Å². The summed E-state index contributed by atoms with van der Waals surface area (Å²) in [6.07, 6.45) is 3.01. The molecule has 0 fully saturated rings. The lowest BCUT2D eigenvalue weighted by Gasteiger charge is -2.04. The van der Waals surface area contributed by atoms with Crippen molar-refractivity contribution in [2.75, 3.05) is 0 Å². The normalized spacial score (nSPS) is 11.7. The van der Waals surface area contributed by atoms with Crippen LogP contribution < -0.4 is 0 Å². The minimum atomic E-state index is 0.387. The van der Waals surface area contributed by atoms with Gasteiger partial charge in [0, 0.05) is 10.0 Å². The van der Waals surface area contributed by atoms with Gasteiger partial charge < -0.3 is 5.21 Å². The number of hydrogen-bond acceptors (Lipinski definition) is 4. The summed E-state index contributed by atoms with van der Waals surface area (Å²) < 4.78 is 2.58. The number of rotatable bonds is 3. The molecule has 0 unspecified atom stereocenters. The first-order valence-electron chi connectivity index (χ1n) is 4.59. The van der Waals surface area contributed by atoms with E-state index >= 15 is 0 Å². The van der Waals surface area contributed by atoms with Crippen LogP contribution in [0.15, 0.2) is 46.5 Å². The second-order valence-corrected chi connectivity index (χ2v) is 4.06. The van der Waals surface area contributed by atoms with E-state index < -0.39 is 0 Å². The molecular formula is C10H9BrN4O. The van der Waals surface area contributed by atoms with Gasteiger partial charge in [-0.3, -0.25) is 0 Å². The van der Waals surface area contributed by atoms with Crippen LogP contribution in [0.1, 0.15) is 5.56 Å². The SMILES string of the molecule is O/N=C(\Cn1cncn1)c1ccc(Br)cc1. The monoisotopic (exact) mass is 280 g/mol. The summed E-state index contributed by atoms with van der Waals surface area (Å²) in [5, 5.41) is 16.2. The zero-order chi connectivity index (χ0) is 11.4. The maximum Gasteiger partial charge on any atom is 0.137 e. The lowest BCUT2D eigenvalue weighted by atomic mass is 10.1. The average molecular weight is 281 g/mol. The fraction of sp³-hybridized carbons (Fsp3) is 0.100. The Balaban J connectivity index is 2.20. The minimum Gasteiger partial charge on any atom is -0.411 e. The van der Waals surface area contributed by atoms with Gasteiger partial charge in [0.2, 0.25) is 0 Å². The van der Waals surface area contributed by atoms with E-state index in [-0.39, 0.29) is 0 Å². The molecule has 1 N–H and O–H groups in total. The fourth-order valence-corrected chi connectivity index (χ4v) is 1.56. The maximum atomic E-state index is 8.96. The van der Waals surface area contributed by atoms with Crippen LogP contribution in [0.25, 0.3) is 0 Å². The summed E-state index contributed by atoms with van der Waals surface area (Å²) in [5.74, 6) is 0. The van der Waals surface area contributed by atoms with Gasteiger partial charge in [-0.05, 0) is 12.1 Å². The van der Waals surface area contributed by atoms with E-state index in [0.29, 0.717) is 12.3 Å². The van der Waals surface area contributed by atoms with Crippen molar-refractivity contribution in [2.24, 2.45) is 5.16 Å². The molecule has 0 spiro atoms. The van der Waals surface area contributed by atoms with Crippen molar-refractivity contribution in [1.29, 1.82) is 0 Å². The van der Waals surface area contributed by atoms with Crippen molar-refractivity contribution in [3.05, 3.63) is 47.0 Å². The van der Waals surface area contributed by atoms with Gasteiger partial charge in [0.15, 0.2) is 0 Å². The number of halogens is 1. The maximum absolute atomic E-state index is 8.96. The molecule has 0 aliphatic rings. The van der Waals surface area contributed by atoms with Crippen molar-refractivity contribution in [1.82, 2.24) is 14.8 Å². The molecule has 0 bridgehead atoms. The van der Waals surface area contributed by atoms with Gasteiger partial charge in [0.1, 0.15) is 18.4 Å². The molecule has 1 heterocycles. The van der Waals surface area contributed by atoms with Gasteiger partial charge in [-0.2, -0.15) is 5.10 Å². The first-order valence-corrected chi connectivity index (χ1v) is 5.38. The molecule has 5 nitrogen and oxygen atoms in total. The first kappa shape index (κ1) is 10.8. The summed E-state index contributed by atoms with van der Waals surface area (Å²) >= 11 is 3.35. The molecule has 1 aromatic carbocycles. The number of nitrogens with zero attached hydrogens (tertiary/aromatic N) is 4. The lowest BCUT2D eigenvalue weighted by Crippen LogP contribution is -2.12. The molecule has 82 valence electrons. The zero-order valence-corrected chi connectivity index (χ0v) is 9.87. The molecule has 2 rings (SSSR count). The van der Waals surface area contributed by atoms with Crippen LogP contribution in [0, 0.1) is 0 Å². The summed E-state index contributed by atoms with van der Waals surface area (Å²) in [7, 11) is 0. The molecule has 1 aromatic heterocycles. The van der Waals surface area contributed by atoms with Crippen molar-refractivity contribution in [3.63, 3.8) is 0 Å². The van der Waals surface area contributed by atoms with Crippen LogP contribution >= 0.6 is 15.9 Å². The van der Waals surface area contributed by atoms with Gasteiger partial charge in [0.05, 0.1) is 6.54 Å². The Morgan fingerprint density at radius 2 is 2.12 bits per heavy atom. The van der Waals surface area contributed by atoms with Crippen LogP contribution in [0.3, 0.4) is 0 Å². The highest BCUT2D eigenvalue weighted by Gasteiger charge is 2.05. The van der Waals surface area contributed by atoms with E-state index in [2.05, 4.69) is 31.2 Å². The predicted octanol–water partition coefficient (Wildman–Crippen LogP) is 1.92. The predicted molar refractivity (Wildman–Crippen MR) is 62.5 cm³/mol. The molecule has 0 aliphatic carbocycles. The van der Waals surface area contributed by atoms with Gasteiger partial charge in [-0.25, -0.2) is 9.67 Å². The van der Waals surface area contributed by atoms with Crippen molar-refractivity contribution < 1.29 is 5.21 Å². The summed E-state index contributed by atoms with van der Waals surface area (Å²) in [4.78, 5) is 3.83. The lowest BCUT2D eigenvalue weighted by molar-refractivity contribution is 0.317. The van der Waals surface area contributed by atoms with Crippen LogP contribution in [-0.2, 0) is 6.54 Å². The molecule has 0 aliphatic heterocycles. The van der Waals surface area contributed by atoms with Gasteiger partial charge >= 0.3 is 0 Å². The van der Waals surface area contributed by atoms with E-state index in [1.54, 1.807) is 11.0 Å². The Labute approximate surface area is 101 Å². The van der Waals surface area contributed by atoms with Crippen molar-refractivity contribution in [2.45, 2.75) is 6.54 Å². The van der Waals surface area contributed by atoms with E-state index in [9.17, 15) is 0 Å². The highest BCUT2D eigenvalue weighted by Crippen LogP contribution is 2.11. The zero-order valence-electron chi connectivity index (χ0n) is 8.29. The Morgan fingerprint density at radius 1 is 1.38 bits per heavy atom. The third-order valence-corrected chi connectivity index (χ3v) is 2.61. The third kappa shape index (κ3) is 2.46. The molecular weight excluding hydrogens is 272 g/mol. The Bertz CT molecular complexity index is 478. The molecule has 0 radical (unpaired) electrons. The fourth-order valence-electron chi connectivity index (χ4n) is 1.29. The Kier molecular flexibility index (Phi) is 3.31. The third-order valence-electron chi connectivity index (χ3n) is 2.08. The van der Waals surface area contributed by atoms with Crippen LogP contribution in [0.2, 0.25) is 0 Å². The molecule has 16 heavy (non-hydrogen) atoms. The minimum absolute atomic E-state index is 0.387. The Morgan fingerprint density at radius 3 is 2.69 bits per heavy atom. The number of oxime groups is 1. The first-order chi connectivity index (χ1) is 7.79. The molecule has 0 amide bonds. The van der Waals surface area contributed by atoms with E-state index in [1.165, 1.54) is 6.33 Å². The quantitative estimate of drug-likeness (QED) is 0.531. The van der Waals surface area contributed by atoms with Crippen LogP contribution in [-0.4, -0.2) is 25.7 Å². The molecule has 0 saturated heterocycles. The standard InChI is InChI=1S/C10H9BrN4O/c11-9-3-1-8(2-4-9)10(14-16)5-15-7-12-6-13-15/h1-4,6-7,16H,5H2/b14-10+. The molecule has 0 atom stereocenters. The van der Waals surface area contributed by atoms with E-state index in [4.69, 9.17) is 5.21 Å². The topological polar surface area (TPSA) is 63.3 Å².